The van der Waals surface area contributed by atoms with Crippen molar-refractivity contribution in [3.05, 3.63) is 83.9 Å². The Hall–Kier alpha value is -3.62. The number of nitriles is 1. The maximum Gasteiger partial charge on any atom is 0.343 e. The summed E-state index contributed by atoms with van der Waals surface area (Å²) < 4.78 is 10.8. The smallest absolute Gasteiger partial charge is 0.343 e. The van der Waals surface area contributed by atoms with Crippen molar-refractivity contribution in [2.45, 2.75) is 6.42 Å². The second kappa shape index (κ2) is 9.36. The van der Waals surface area contributed by atoms with Crippen molar-refractivity contribution in [1.82, 2.24) is 0 Å². The van der Waals surface area contributed by atoms with Gasteiger partial charge >= 0.3 is 5.97 Å². The number of aliphatic hydroxyl groups excluding tert-OH is 1. The lowest BCUT2D eigenvalue weighted by Gasteiger charge is -2.08. The molecule has 3 aromatic carbocycles. The van der Waals surface area contributed by atoms with Crippen molar-refractivity contribution < 1.29 is 19.4 Å². The number of rotatable bonds is 7. The van der Waals surface area contributed by atoms with Crippen molar-refractivity contribution in [3.8, 4) is 28.7 Å². The molecule has 0 aliphatic heterocycles. The van der Waals surface area contributed by atoms with E-state index < -0.39 is 5.97 Å². The molecular weight excluding hydrogens is 354 g/mol. The summed E-state index contributed by atoms with van der Waals surface area (Å²) >= 11 is 0. The number of ether oxygens (including phenoxy) is 2. The van der Waals surface area contributed by atoms with Crippen LogP contribution < -0.4 is 9.47 Å². The van der Waals surface area contributed by atoms with E-state index in [9.17, 15) is 4.79 Å². The molecule has 0 aliphatic carbocycles. The molecule has 0 saturated heterocycles. The molecule has 5 nitrogen and oxygen atoms in total. The van der Waals surface area contributed by atoms with Crippen LogP contribution in [0.1, 0.15) is 22.3 Å². The monoisotopic (exact) mass is 373 g/mol. The second-order valence-corrected chi connectivity index (χ2v) is 6.05. The molecule has 0 amide bonds. The van der Waals surface area contributed by atoms with E-state index in [4.69, 9.17) is 19.8 Å². The Morgan fingerprint density at radius 1 is 0.857 bits per heavy atom. The zero-order valence-corrected chi connectivity index (χ0v) is 15.2. The average Bonchev–Trinajstić information content (AvgIpc) is 2.75. The number of carbonyl (C=O) groups is 1. The highest BCUT2D eigenvalue weighted by molar-refractivity contribution is 5.91. The van der Waals surface area contributed by atoms with Crippen LogP contribution in [0.5, 0.6) is 11.5 Å². The van der Waals surface area contributed by atoms with Gasteiger partial charge < -0.3 is 14.6 Å². The third-order valence-corrected chi connectivity index (χ3v) is 4.07. The number of aliphatic hydroxyl groups is 1. The number of esters is 1. The minimum Gasteiger partial charge on any atom is -0.494 e. The van der Waals surface area contributed by atoms with Crippen molar-refractivity contribution in [3.63, 3.8) is 0 Å². The molecule has 0 aromatic heterocycles. The summed E-state index contributed by atoms with van der Waals surface area (Å²) in [6.07, 6.45) is 0.558. The largest absolute Gasteiger partial charge is 0.494 e. The molecule has 0 unspecified atom stereocenters. The predicted octanol–water partition coefficient (Wildman–Crippen LogP) is 4.21. The summed E-state index contributed by atoms with van der Waals surface area (Å²) in [6.45, 7) is 0.500. The maximum atomic E-state index is 12.3. The highest BCUT2D eigenvalue weighted by Gasteiger charge is 2.09. The Kier molecular flexibility index (Phi) is 6.40. The first-order chi connectivity index (χ1) is 13.7. The molecule has 0 fully saturated rings. The SMILES string of the molecule is N#Cc1ccc(-c2ccc(OC(=O)c3ccc(OCCCO)cc3)cc2)cc1. The molecule has 3 aromatic rings. The predicted molar refractivity (Wildman–Crippen MR) is 105 cm³/mol. The zero-order chi connectivity index (χ0) is 19.8. The van der Waals surface area contributed by atoms with E-state index in [1.165, 1.54) is 0 Å². The topological polar surface area (TPSA) is 79.5 Å². The molecule has 0 atom stereocenters. The van der Waals surface area contributed by atoms with Crippen LogP contribution in [0.25, 0.3) is 11.1 Å². The lowest BCUT2D eigenvalue weighted by atomic mass is 10.0. The van der Waals surface area contributed by atoms with Gasteiger partial charge in [-0.25, -0.2) is 4.79 Å². The van der Waals surface area contributed by atoms with Gasteiger partial charge in [0.15, 0.2) is 0 Å². The number of benzene rings is 3. The van der Waals surface area contributed by atoms with E-state index in [0.717, 1.165) is 11.1 Å². The van der Waals surface area contributed by atoms with Gasteiger partial charge in [0.2, 0.25) is 0 Å². The molecule has 0 radical (unpaired) electrons. The van der Waals surface area contributed by atoms with Gasteiger partial charge in [0.1, 0.15) is 11.5 Å². The van der Waals surface area contributed by atoms with Crippen molar-refractivity contribution in [2.75, 3.05) is 13.2 Å². The van der Waals surface area contributed by atoms with Crippen LogP contribution in [-0.2, 0) is 0 Å². The first-order valence-electron chi connectivity index (χ1n) is 8.86. The fraction of sp³-hybridized carbons (Fsp3) is 0.130. The number of hydrogen-bond donors (Lipinski definition) is 1. The molecule has 0 heterocycles. The average molecular weight is 373 g/mol. The highest BCUT2D eigenvalue weighted by Crippen LogP contribution is 2.23. The second-order valence-electron chi connectivity index (χ2n) is 6.05. The lowest BCUT2D eigenvalue weighted by molar-refractivity contribution is 0.0734. The Morgan fingerprint density at radius 2 is 1.43 bits per heavy atom. The van der Waals surface area contributed by atoms with Crippen LogP contribution in [0.15, 0.2) is 72.8 Å². The summed E-state index contributed by atoms with van der Waals surface area (Å²) in [5, 5.41) is 17.6. The maximum absolute atomic E-state index is 12.3. The van der Waals surface area contributed by atoms with E-state index in [1.807, 2.05) is 24.3 Å². The summed E-state index contributed by atoms with van der Waals surface area (Å²) in [5.41, 5.74) is 2.98. The van der Waals surface area contributed by atoms with E-state index >= 15 is 0 Å². The fourth-order valence-electron chi connectivity index (χ4n) is 2.56. The van der Waals surface area contributed by atoms with Crippen molar-refractivity contribution >= 4 is 5.97 Å². The lowest BCUT2D eigenvalue weighted by Crippen LogP contribution is -2.08. The standard InChI is InChI=1S/C23H19NO4/c24-16-17-2-4-18(5-3-17)19-6-12-22(13-7-19)28-23(26)20-8-10-21(11-9-20)27-15-1-14-25/h2-13,25H,1,14-15H2. The van der Waals surface area contributed by atoms with Crippen LogP contribution in [0.2, 0.25) is 0 Å². The third-order valence-electron chi connectivity index (χ3n) is 4.07. The normalized spacial score (nSPS) is 10.1. The number of hydrogen-bond acceptors (Lipinski definition) is 5. The summed E-state index contributed by atoms with van der Waals surface area (Å²) in [5.74, 6) is 0.635. The first-order valence-corrected chi connectivity index (χ1v) is 8.86. The van der Waals surface area contributed by atoms with E-state index in [1.54, 1.807) is 48.5 Å². The molecule has 0 spiro atoms. The van der Waals surface area contributed by atoms with E-state index in [-0.39, 0.29) is 6.61 Å². The first kappa shape index (κ1) is 19.2. The Labute approximate surface area is 163 Å². The molecule has 140 valence electrons. The summed E-state index contributed by atoms with van der Waals surface area (Å²) in [6, 6.07) is 23.2. The van der Waals surface area contributed by atoms with Crippen molar-refractivity contribution in [1.29, 1.82) is 5.26 Å². The molecule has 0 saturated carbocycles. The van der Waals surface area contributed by atoms with Crippen LogP contribution >= 0.6 is 0 Å². The zero-order valence-electron chi connectivity index (χ0n) is 15.2. The molecular formula is C23H19NO4. The van der Waals surface area contributed by atoms with Gasteiger partial charge in [0.25, 0.3) is 0 Å². The third kappa shape index (κ3) is 4.97. The van der Waals surface area contributed by atoms with Gasteiger partial charge in [0, 0.05) is 13.0 Å². The summed E-state index contributed by atoms with van der Waals surface area (Å²) in [4.78, 5) is 12.3. The minimum atomic E-state index is -0.451. The Bertz CT molecular complexity index is 955. The van der Waals surface area contributed by atoms with E-state index in [2.05, 4.69) is 6.07 Å². The minimum absolute atomic E-state index is 0.0778. The van der Waals surface area contributed by atoms with E-state index in [0.29, 0.717) is 35.7 Å². The molecule has 0 bridgehead atoms. The fourth-order valence-corrected chi connectivity index (χ4v) is 2.56. The van der Waals surface area contributed by atoms with Crippen LogP contribution in [0, 0.1) is 11.3 Å². The molecule has 0 aliphatic rings. The van der Waals surface area contributed by atoms with Crippen LogP contribution in [0.3, 0.4) is 0 Å². The van der Waals surface area contributed by atoms with Crippen LogP contribution in [0.4, 0.5) is 0 Å². The summed E-state index contributed by atoms with van der Waals surface area (Å²) in [7, 11) is 0. The highest BCUT2D eigenvalue weighted by atomic mass is 16.5. The van der Waals surface area contributed by atoms with Gasteiger partial charge in [-0.15, -0.1) is 0 Å². The molecule has 5 heteroatoms. The van der Waals surface area contributed by atoms with Gasteiger partial charge in [-0.2, -0.15) is 5.26 Å². The van der Waals surface area contributed by atoms with Gasteiger partial charge in [-0.1, -0.05) is 24.3 Å². The molecule has 28 heavy (non-hydrogen) atoms. The number of carbonyl (C=O) groups excluding carboxylic acids is 1. The van der Waals surface area contributed by atoms with Gasteiger partial charge in [-0.05, 0) is 59.7 Å². The Morgan fingerprint density at radius 3 is 2.00 bits per heavy atom. The van der Waals surface area contributed by atoms with Gasteiger partial charge in [0.05, 0.1) is 23.8 Å². The van der Waals surface area contributed by atoms with Gasteiger partial charge in [-0.3, -0.25) is 0 Å². The van der Waals surface area contributed by atoms with Crippen LogP contribution in [-0.4, -0.2) is 24.3 Å². The quantitative estimate of drug-likeness (QED) is 0.381. The molecule has 1 N–H and O–H groups in total. The number of nitrogens with zero attached hydrogens (tertiary/aromatic N) is 1. The molecule has 3 rings (SSSR count). The van der Waals surface area contributed by atoms with Crippen molar-refractivity contribution in [2.24, 2.45) is 0 Å². The Balaban J connectivity index is 1.61.